The van der Waals surface area contributed by atoms with Gasteiger partial charge in [0, 0.05) is 21.3 Å². The summed E-state index contributed by atoms with van der Waals surface area (Å²) in [4.78, 5) is 4.80. The van der Waals surface area contributed by atoms with Crippen molar-refractivity contribution < 1.29 is 5.11 Å². The average molecular weight is 338 g/mol. The highest BCUT2D eigenvalue weighted by molar-refractivity contribution is 9.10. The van der Waals surface area contributed by atoms with Gasteiger partial charge < -0.3 is 5.11 Å². The summed E-state index contributed by atoms with van der Waals surface area (Å²) in [5.74, 6) is 0.532. The van der Waals surface area contributed by atoms with Crippen molar-refractivity contribution >= 4 is 27.3 Å². The third kappa shape index (κ3) is 2.91. The molecule has 1 saturated carbocycles. The number of hydrogen-bond donors (Lipinski definition) is 1. The maximum absolute atomic E-state index is 9.57. The molecule has 4 heteroatoms. The zero-order chi connectivity index (χ0) is 13.2. The summed E-state index contributed by atoms with van der Waals surface area (Å²) in [5, 5.41) is 12.9. The van der Waals surface area contributed by atoms with Gasteiger partial charge in [-0.15, -0.1) is 11.3 Å². The number of aliphatic hydroxyl groups is 1. The van der Waals surface area contributed by atoms with E-state index in [9.17, 15) is 5.11 Å². The van der Waals surface area contributed by atoms with Crippen molar-refractivity contribution in [3.05, 3.63) is 39.1 Å². The van der Waals surface area contributed by atoms with Gasteiger partial charge in [-0.1, -0.05) is 34.1 Å². The number of hydrogen-bond acceptors (Lipinski definition) is 3. The lowest BCUT2D eigenvalue weighted by atomic mass is 9.88. The van der Waals surface area contributed by atoms with Gasteiger partial charge in [-0.25, -0.2) is 4.98 Å². The molecule has 0 atom stereocenters. The van der Waals surface area contributed by atoms with E-state index in [2.05, 4.69) is 27.4 Å². The van der Waals surface area contributed by atoms with Crippen molar-refractivity contribution in [3.8, 4) is 11.3 Å². The molecule has 1 aliphatic carbocycles. The van der Waals surface area contributed by atoms with Crippen molar-refractivity contribution in [2.75, 3.05) is 0 Å². The smallest absolute Gasteiger partial charge is 0.0963 e. The van der Waals surface area contributed by atoms with Gasteiger partial charge >= 0.3 is 0 Å². The zero-order valence-electron chi connectivity index (χ0n) is 10.6. The Morgan fingerprint density at radius 3 is 2.63 bits per heavy atom. The first-order valence-corrected chi connectivity index (χ1v) is 8.29. The van der Waals surface area contributed by atoms with Crippen molar-refractivity contribution in [3.63, 3.8) is 0 Å². The van der Waals surface area contributed by atoms with E-state index in [-0.39, 0.29) is 6.10 Å². The SMILES string of the molecule is OC1CCC(c2nc(-c3ccccc3Br)cs2)CC1. The van der Waals surface area contributed by atoms with Crippen LogP contribution in [-0.2, 0) is 0 Å². The van der Waals surface area contributed by atoms with Crippen LogP contribution in [0.4, 0.5) is 0 Å². The topological polar surface area (TPSA) is 33.1 Å². The van der Waals surface area contributed by atoms with E-state index in [4.69, 9.17) is 4.98 Å². The minimum absolute atomic E-state index is 0.0982. The molecule has 1 aromatic heterocycles. The number of halogens is 1. The summed E-state index contributed by atoms with van der Waals surface area (Å²) >= 11 is 5.32. The summed E-state index contributed by atoms with van der Waals surface area (Å²) in [7, 11) is 0. The van der Waals surface area contributed by atoms with Gasteiger partial charge in [-0.3, -0.25) is 0 Å². The molecule has 0 aliphatic heterocycles. The van der Waals surface area contributed by atoms with Crippen LogP contribution in [0.2, 0.25) is 0 Å². The van der Waals surface area contributed by atoms with Crippen LogP contribution in [0.3, 0.4) is 0 Å². The van der Waals surface area contributed by atoms with Crippen LogP contribution in [0.5, 0.6) is 0 Å². The Bertz CT molecular complexity index is 561. The lowest BCUT2D eigenvalue weighted by Gasteiger charge is -2.23. The molecule has 0 bridgehead atoms. The molecule has 2 aromatic rings. The molecule has 0 saturated heterocycles. The first-order valence-electron chi connectivity index (χ1n) is 6.62. The lowest BCUT2D eigenvalue weighted by molar-refractivity contribution is 0.122. The highest BCUT2D eigenvalue weighted by Gasteiger charge is 2.23. The van der Waals surface area contributed by atoms with E-state index in [0.717, 1.165) is 41.4 Å². The van der Waals surface area contributed by atoms with Crippen molar-refractivity contribution in [2.45, 2.75) is 37.7 Å². The van der Waals surface area contributed by atoms with E-state index < -0.39 is 0 Å². The summed E-state index contributed by atoms with van der Waals surface area (Å²) in [6, 6.07) is 8.19. The molecule has 1 aromatic carbocycles. The van der Waals surface area contributed by atoms with Crippen LogP contribution in [0.25, 0.3) is 11.3 Å². The molecular weight excluding hydrogens is 322 g/mol. The number of nitrogens with zero attached hydrogens (tertiary/aromatic N) is 1. The van der Waals surface area contributed by atoms with Crippen molar-refractivity contribution in [2.24, 2.45) is 0 Å². The third-order valence-corrected chi connectivity index (χ3v) is 5.42. The molecule has 1 aliphatic rings. The first-order chi connectivity index (χ1) is 9.24. The molecule has 0 unspecified atom stereocenters. The molecule has 0 spiro atoms. The summed E-state index contributed by atoms with van der Waals surface area (Å²) in [6.07, 6.45) is 3.84. The van der Waals surface area contributed by atoms with Crippen LogP contribution < -0.4 is 0 Å². The third-order valence-electron chi connectivity index (χ3n) is 3.72. The highest BCUT2D eigenvalue weighted by Crippen LogP contribution is 2.37. The maximum Gasteiger partial charge on any atom is 0.0963 e. The lowest BCUT2D eigenvalue weighted by Crippen LogP contribution is -2.16. The largest absolute Gasteiger partial charge is 0.393 e. The van der Waals surface area contributed by atoms with Gasteiger partial charge in [0.1, 0.15) is 0 Å². The summed E-state index contributed by atoms with van der Waals surface area (Å²) < 4.78 is 1.09. The van der Waals surface area contributed by atoms with Crippen LogP contribution in [0.1, 0.15) is 36.6 Å². The van der Waals surface area contributed by atoms with Crippen LogP contribution >= 0.6 is 27.3 Å². The second kappa shape index (κ2) is 5.73. The number of aliphatic hydroxyl groups excluding tert-OH is 1. The zero-order valence-corrected chi connectivity index (χ0v) is 13.0. The van der Waals surface area contributed by atoms with Crippen LogP contribution in [0.15, 0.2) is 34.1 Å². The average Bonchev–Trinajstić information content (AvgIpc) is 2.89. The molecule has 2 nitrogen and oxygen atoms in total. The molecule has 1 N–H and O–H groups in total. The Balaban J connectivity index is 1.82. The van der Waals surface area contributed by atoms with E-state index in [0.29, 0.717) is 5.92 Å². The Morgan fingerprint density at radius 1 is 1.16 bits per heavy atom. The fraction of sp³-hybridized carbons (Fsp3) is 0.400. The van der Waals surface area contributed by atoms with E-state index >= 15 is 0 Å². The van der Waals surface area contributed by atoms with E-state index in [1.165, 1.54) is 5.01 Å². The molecule has 1 heterocycles. The second-order valence-electron chi connectivity index (χ2n) is 5.06. The molecule has 19 heavy (non-hydrogen) atoms. The van der Waals surface area contributed by atoms with Crippen LogP contribution in [-0.4, -0.2) is 16.2 Å². The van der Waals surface area contributed by atoms with Gasteiger partial charge in [0.2, 0.25) is 0 Å². The standard InChI is InChI=1S/C15H16BrNOS/c16-13-4-2-1-3-12(13)14-9-19-15(17-14)10-5-7-11(18)8-6-10/h1-4,9-11,18H,5-8H2. The molecule has 1 fully saturated rings. The molecule has 0 amide bonds. The Kier molecular flexibility index (Phi) is 4.01. The van der Waals surface area contributed by atoms with Gasteiger partial charge in [0.05, 0.1) is 16.8 Å². The highest BCUT2D eigenvalue weighted by atomic mass is 79.9. The minimum Gasteiger partial charge on any atom is -0.393 e. The fourth-order valence-corrected chi connectivity index (χ4v) is 4.07. The molecule has 3 rings (SSSR count). The normalized spacial score (nSPS) is 23.5. The van der Waals surface area contributed by atoms with E-state index in [1.807, 2.05) is 18.2 Å². The predicted molar refractivity (Wildman–Crippen MR) is 82.5 cm³/mol. The molecule has 0 radical (unpaired) electrons. The monoisotopic (exact) mass is 337 g/mol. The number of rotatable bonds is 2. The predicted octanol–water partition coefficient (Wildman–Crippen LogP) is 4.59. The molecule has 100 valence electrons. The summed E-state index contributed by atoms with van der Waals surface area (Å²) in [5.41, 5.74) is 2.21. The number of benzene rings is 1. The van der Waals surface area contributed by atoms with Gasteiger partial charge in [0.25, 0.3) is 0 Å². The first kappa shape index (κ1) is 13.3. The fourth-order valence-electron chi connectivity index (χ4n) is 2.59. The number of thiazole rings is 1. The van der Waals surface area contributed by atoms with Gasteiger partial charge in [0.15, 0.2) is 0 Å². The minimum atomic E-state index is -0.0982. The Morgan fingerprint density at radius 2 is 1.89 bits per heavy atom. The quantitative estimate of drug-likeness (QED) is 0.869. The van der Waals surface area contributed by atoms with Gasteiger partial charge in [-0.2, -0.15) is 0 Å². The van der Waals surface area contributed by atoms with Crippen molar-refractivity contribution in [1.29, 1.82) is 0 Å². The number of aromatic nitrogens is 1. The second-order valence-corrected chi connectivity index (χ2v) is 6.80. The Labute approximate surface area is 125 Å². The maximum atomic E-state index is 9.57. The Hall–Kier alpha value is -0.710. The van der Waals surface area contributed by atoms with Gasteiger partial charge in [-0.05, 0) is 31.7 Å². The molecular formula is C15H16BrNOS. The summed E-state index contributed by atoms with van der Waals surface area (Å²) in [6.45, 7) is 0. The van der Waals surface area contributed by atoms with E-state index in [1.54, 1.807) is 11.3 Å². The van der Waals surface area contributed by atoms with Crippen LogP contribution in [0, 0.1) is 0 Å². The van der Waals surface area contributed by atoms with Crippen molar-refractivity contribution in [1.82, 2.24) is 4.98 Å².